The highest BCUT2D eigenvalue weighted by Gasteiger charge is 2.27. The van der Waals surface area contributed by atoms with Gasteiger partial charge in [0, 0.05) is 19.8 Å². The molecule has 0 atom stereocenters. The van der Waals surface area contributed by atoms with Crippen LogP contribution in [0.2, 0.25) is 0 Å². The summed E-state index contributed by atoms with van der Waals surface area (Å²) in [6.45, 7) is 12.8. The molecule has 0 fully saturated rings. The van der Waals surface area contributed by atoms with Crippen molar-refractivity contribution in [2.75, 3.05) is 19.8 Å². The smallest absolute Gasteiger partial charge is 0.376 e. The van der Waals surface area contributed by atoms with Crippen molar-refractivity contribution in [2.24, 2.45) is 5.41 Å². The summed E-state index contributed by atoms with van der Waals surface area (Å²) in [5, 5.41) is 0. The fourth-order valence-corrected chi connectivity index (χ4v) is 3.04. The second-order valence-electron chi connectivity index (χ2n) is 4.07. The van der Waals surface area contributed by atoms with Gasteiger partial charge in [-0.25, -0.2) is 0 Å². The summed E-state index contributed by atoms with van der Waals surface area (Å²) in [7, 11) is -1.88. The molecule has 0 spiro atoms. The number of hydrogen-bond acceptors (Lipinski definition) is 3. The molecule has 4 heteroatoms. The van der Waals surface area contributed by atoms with Crippen LogP contribution in [0.15, 0.2) is 0 Å². The van der Waals surface area contributed by atoms with Crippen LogP contribution in [-0.4, -0.2) is 29.3 Å². The lowest BCUT2D eigenvalue weighted by Gasteiger charge is -2.31. The van der Waals surface area contributed by atoms with E-state index in [1.165, 1.54) is 0 Å². The van der Waals surface area contributed by atoms with E-state index in [9.17, 15) is 0 Å². The van der Waals surface area contributed by atoms with Crippen LogP contribution in [-0.2, 0) is 13.3 Å². The maximum atomic E-state index is 5.86. The van der Waals surface area contributed by atoms with Crippen molar-refractivity contribution in [2.45, 2.75) is 53.9 Å². The minimum absolute atomic E-state index is 0.305. The van der Waals surface area contributed by atoms with Crippen molar-refractivity contribution in [1.29, 1.82) is 0 Å². The highest BCUT2D eigenvalue weighted by molar-refractivity contribution is 6.36. The van der Waals surface area contributed by atoms with Crippen molar-refractivity contribution in [3.05, 3.63) is 0 Å². The zero-order chi connectivity index (χ0) is 12.4. The Hall–Kier alpha value is 0.0969. The third-order valence-electron chi connectivity index (χ3n) is 3.38. The monoisotopic (exact) mass is 248 g/mol. The van der Waals surface area contributed by atoms with E-state index in [1.54, 1.807) is 0 Å². The van der Waals surface area contributed by atoms with Crippen molar-refractivity contribution >= 4 is 9.53 Å². The van der Waals surface area contributed by atoms with Gasteiger partial charge in [-0.3, -0.25) is 0 Å². The Labute approximate surface area is 102 Å². The molecular weight excluding hydrogens is 220 g/mol. The maximum Gasteiger partial charge on any atom is 0.484 e. The summed E-state index contributed by atoms with van der Waals surface area (Å²) in [5.41, 5.74) is 0.305. The van der Waals surface area contributed by atoms with E-state index < -0.39 is 9.53 Å². The Balaban J connectivity index is 4.13. The van der Waals surface area contributed by atoms with Crippen molar-refractivity contribution < 1.29 is 13.3 Å². The molecule has 0 saturated heterocycles. The van der Waals surface area contributed by atoms with Crippen LogP contribution in [0.5, 0.6) is 0 Å². The molecular formula is C12H28O3Si. The van der Waals surface area contributed by atoms with Crippen molar-refractivity contribution in [3.63, 3.8) is 0 Å². The maximum absolute atomic E-state index is 5.86. The average Bonchev–Trinajstić information content (AvgIpc) is 2.32. The summed E-state index contributed by atoms with van der Waals surface area (Å²) in [4.78, 5) is 0. The van der Waals surface area contributed by atoms with Crippen LogP contribution in [0.4, 0.5) is 0 Å². The van der Waals surface area contributed by atoms with E-state index in [0.29, 0.717) is 18.6 Å². The van der Waals surface area contributed by atoms with Gasteiger partial charge >= 0.3 is 9.53 Å². The fraction of sp³-hybridized carbons (Fsp3) is 1.00. The zero-order valence-corrected chi connectivity index (χ0v) is 12.7. The number of hydrogen-bond donors (Lipinski definition) is 0. The predicted molar refractivity (Wildman–Crippen MR) is 69.7 cm³/mol. The Morgan fingerprint density at radius 3 is 1.50 bits per heavy atom. The molecule has 16 heavy (non-hydrogen) atoms. The minimum Gasteiger partial charge on any atom is -0.376 e. The molecule has 98 valence electrons. The molecule has 0 aliphatic carbocycles. The molecule has 0 radical (unpaired) electrons. The first-order valence-electron chi connectivity index (χ1n) is 6.52. The Morgan fingerprint density at radius 1 is 0.750 bits per heavy atom. The van der Waals surface area contributed by atoms with E-state index in [4.69, 9.17) is 13.3 Å². The zero-order valence-electron chi connectivity index (χ0n) is 11.5. The van der Waals surface area contributed by atoms with Crippen LogP contribution in [0, 0.1) is 5.41 Å². The molecule has 0 unspecified atom stereocenters. The lowest BCUT2D eigenvalue weighted by Crippen LogP contribution is -2.34. The van der Waals surface area contributed by atoms with E-state index in [1.807, 2.05) is 13.8 Å². The van der Waals surface area contributed by atoms with E-state index in [2.05, 4.69) is 20.8 Å². The Bertz CT molecular complexity index is 146. The van der Waals surface area contributed by atoms with E-state index >= 15 is 0 Å². The predicted octanol–water partition coefficient (Wildman–Crippen LogP) is 3.01. The molecule has 0 aromatic heterocycles. The quantitative estimate of drug-likeness (QED) is 0.556. The minimum atomic E-state index is -1.88. The van der Waals surface area contributed by atoms with Crippen LogP contribution in [0.3, 0.4) is 0 Å². The van der Waals surface area contributed by atoms with E-state index in [0.717, 1.165) is 25.9 Å². The van der Waals surface area contributed by atoms with Crippen molar-refractivity contribution in [1.82, 2.24) is 0 Å². The molecule has 0 aliphatic heterocycles. The summed E-state index contributed by atoms with van der Waals surface area (Å²) in [6.07, 6.45) is 3.46. The summed E-state index contributed by atoms with van der Waals surface area (Å²) in [5.74, 6) is 0. The second kappa shape index (κ2) is 9.16. The first kappa shape index (κ1) is 16.1. The first-order chi connectivity index (χ1) is 7.67. The van der Waals surface area contributed by atoms with Crippen LogP contribution >= 0.6 is 0 Å². The van der Waals surface area contributed by atoms with E-state index in [-0.39, 0.29) is 0 Å². The van der Waals surface area contributed by atoms with Gasteiger partial charge in [0.25, 0.3) is 0 Å². The highest BCUT2D eigenvalue weighted by atomic mass is 28.3. The summed E-state index contributed by atoms with van der Waals surface area (Å²) in [6, 6.07) is 0. The highest BCUT2D eigenvalue weighted by Crippen LogP contribution is 2.30. The summed E-state index contributed by atoms with van der Waals surface area (Å²) >= 11 is 0. The SMILES string of the molecule is CCO[SiH](OCC)OCC(CC)(CC)CC. The molecule has 0 saturated carbocycles. The molecule has 0 aromatic rings. The molecule has 0 rings (SSSR count). The molecule has 0 aliphatic rings. The Kier molecular flexibility index (Phi) is 9.22. The normalized spacial score (nSPS) is 12.4. The van der Waals surface area contributed by atoms with Gasteiger partial charge < -0.3 is 13.3 Å². The fourth-order valence-electron chi connectivity index (χ4n) is 1.72. The van der Waals surface area contributed by atoms with Gasteiger partial charge in [-0.2, -0.15) is 0 Å². The third-order valence-corrected chi connectivity index (χ3v) is 5.03. The lowest BCUT2D eigenvalue weighted by atomic mass is 9.81. The molecule has 0 bridgehead atoms. The third kappa shape index (κ3) is 5.43. The average molecular weight is 248 g/mol. The van der Waals surface area contributed by atoms with Crippen LogP contribution in [0.25, 0.3) is 0 Å². The lowest BCUT2D eigenvalue weighted by molar-refractivity contribution is 0.0490. The van der Waals surface area contributed by atoms with Crippen LogP contribution < -0.4 is 0 Å². The van der Waals surface area contributed by atoms with Gasteiger partial charge in [-0.05, 0) is 38.5 Å². The topological polar surface area (TPSA) is 27.7 Å². The van der Waals surface area contributed by atoms with Gasteiger partial charge in [-0.15, -0.1) is 0 Å². The van der Waals surface area contributed by atoms with Gasteiger partial charge in [0.15, 0.2) is 0 Å². The second-order valence-corrected chi connectivity index (χ2v) is 5.65. The van der Waals surface area contributed by atoms with Crippen LogP contribution in [0.1, 0.15) is 53.9 Å². The van der Waals surface area contributed by atoms with Gasteiger partial charge in [0.2, 0.25) is 0 Å². The van der Waals surface area contributed by atoms with Gasteiger partial charge in [0.05, 0.1) is 0 Å². The molecule has 0 amide bonds. The standard InChI is InChI=1S/C12H28O3Si/c1-6-12(7-2,8-3)11-15-16(13-9-4)14-10-5/h16H,6-11H2,1-5H3. The molecule has 0 aromatic carbocycles. The Morgan fingerprint density at radius 2 is 1.19 bits per heavy atom. The summed E-state index contributed by atoms with van der Waals surface area (Å²) < 4.78 is 16.9. The van der Waals surface area contributed by atoms with Gasteiger partial charge in [-0.1, -0.05) is 20.8 Å². The largest absolute Gasteiger partial charge is 0.484 e. The molecule has 0 heterocycles. The first-order valence-corrected chi connectivity index (χ1v) is 7.94. The van der Waals surface area contributed by atoms with Gasteiger partial charge in [0.1, 0.15) is 0 Å². The molecule has 0 N–H and O–H groups in total. The number of rotatable bonds is 10. The van der Waals surface area contributed by atoms with Crippen molar-refractivity contribution in [3.8, 4) is 0 Å². The molecule has 3 nitrogen and oxygen atoms in total.